The number of alkyl halides is 2. The number of benzene rings is 1. The van der Waals surface area contributed by atoms with Gasteiger partial charge in [-0.2, -0.15) is 0 Å². The van der Waals surface area contributed by atoms with Crippen LogP contribution in [0.15, 0.2) is 24.3 Å². The quantitative estimate of drug-likeness (QED) is 0.205. The SMILES string of the molecule is COC(C)(C)c1ccc(C(I)C2(N)N[I-]2)cc1. The monoisotopic (exact) mass is 459 g/mol. The topological polar surface area (TPSA) is 57.2 Å². The molecule has 96 valence electrons. The van der Waals surface area contributed by atoms with Crippen molar-refractivity contribution in [3.05, 3.63) is 35.4 Å². The van der Waals surface area contributed by atoms with E-state index in [2.05, 4.69) is 64.2 Å². The summed E-state index contributed by atoms with van der Waals surface area (Å²) < 4.78 is 9.05. The van der Waals surface area contributed by atoms with Crippen molar-refractivity contribution < 1.29 is 26.2 Å². The number of nitrogens with two attached hydrogens (primary N) is 1. The summed E-state index contributed by atoms with van der Waals surface area (Å²) in [6.07, 6.45) is 0. The first kappa shape index (κ1) is 14.0. The Morgan fingerprint density at radius 1 is 1.41 bits per heavy atom. The Morgan fingerprint density at radius 3 is 2.35 bits per heavy atom. The molecule has 0 aliphatic carbocycles. The zero-order chi connectivity index (χ0) is 12.7. The van der Waals surface area contributed by atoms with Crippen LogP contribution < -0.4 is 30.7 Å². The standard InChI is InChI=1S/C12H17I2N2O/c1-11(2,17-3)9-6-4-8(5-7-9)10(13)12(15)14-16-12/h4-7,10,16H,15H2,1-3H3/q-1. The number of hydrogen-bond donors (Lipinski definition) is 2. The number of rotatable bonds is 4. The molecule has 0 bridgehead atoms. The summed E-state index contributed by atoms with van der Waals surface area (Å²) in [6, 6.07) is 8.58. The molecule has 0 radical (unpaired) electrons. The summed E-state index contributed by atoms with van der Waals surface area (Å²) in [5, 5.41) is 0. The van der Waals surface area contributed by atoms with Crippen LogP contribution in [0.2, 0.25) is 0 Å². The summed E-state index contributed by atoms with van der Waals surface area (Å²) in [6.45, 7) is 4.14. The first-order valence-electron chi connectivity index (χ1n) is 5.40. The fourth-order valence-electron chi connectivity index (χ4n) is 1.56. The van der Waals surface area contributed by atoms with Crippen LogP contribution in [0.25, 0.3) is 0 Å². The second-order valence-electron chi connectivity index (χ2n) is 4.66. The molecule has 3 nitrogen and oxygen atoms in total. The molecule has 2 rings (SSSR count). The van der Waals surface area contributed by atoms with E-state index in [4.69, 9.17) is 10.5 Å². The average Bonchev–Trinajstić information content (AvgIpc) is 3.08. The van der Waals surface area contributed by atoms with Crippen LogP contribution in [0, 0.1) is 0 Å². The fourth-order valence-corrected chi connectivity index (χ4v) is 4.78. The Bertz CT molecular complexity index is 401. The van der Waals surface area contributed by atoms with Crippen molar-refractivity contribution in [3.8, 4) is 0 Å². The van der Waals surface area contributed by atoms with E-state index in [0.29, 0.717) is 3.92 Å². The van der Waals surface area contributed by atoms with E-state index >= 15 is 0 Å². The Labute approximate surface area is 127 Å². The minimum atomic E-state index is -0.232. The third-order valence-corrected chi connectivity index (χ3v) is 8.39. The van der Waals surface area contributed by atoms with Crippen LogP contribution in [-0.4, -0.2) is 10.8 Å². The molecule has 1 aromatic rings. The number of ether oxygens (including phenoxy) is 1. The fraction of sp³-hybridized carbons (Fsp3) is 0.500. The molecule has 3 N–H and O–H groups in total. The van der Waals surface area contributed by atoms with Crippen LogP contribution in [0.3, 0.4) is 0 Å². The van der Waals surface area contributed by atoms with Gasteiger partial charge < -0.3 is 0 Å². The van der Waals surface area contributed by atoms with Crippen LogP contribution >= 0.6 is 22.6 Å². The van der Waals surface area contributed by atoms with E-state index in [1.807, 2.05) is 0 Å². The zero-order valence-corrected chi connectivity index (χ0v) is 14.4. The second kappa shape index (κ2) is 4.92. The Morgan fingerprint density at radius 2 is 1.94 bits per heavy atom. The van der Waals surface area contributed by atoms with Crippen LogP contribution in [0.5, 0.6) is 0 Å². The van der Waals surface area contributed by atoms with Gasteiger partial charge in [-0.15, -0.1) is 0 Å². The Kier molecular flexibility index (Phi) is 4.04. The van der Waals surface area contributed by atoms with Gasteiger partial charge in [-0.1, -0.05) is 0 Å². The van der Waals surface area contributed by atoms with Gasteiger partial charge in [0.05, 0.1) is 0 Å². The normalized spacial score (nSPS) is 26.2. The molecule has 1 aliphatic rings. The van der Waals surface area contributed by atoms with E-state index < -0.39 is 0 Å². The number of methoxy groups -OCH3 is 1. The molecule has 0 spiro atoms. The van der Waals surface area contributed by atoms with E-state index in [0.717, 1.165) is 0 Å². The summed E-state index contributed by atoms with van der Waals surface area (Å²) in [4.78, 5) is 0. The van der Waals surface area contributed by atoms with Crippen molar-refractivity contribution in [2.75, 3.05) is 7.11 Å². The summed E-state index contributed by atoms with van der Waals surface area (Å²) >= 11 is 2.41. The van der Waals surface area contributed by atoms with Gasteiger partial charge >= 0.3 is 128 Å². The number of nitrogens with one attached hydrogen (secondary N) is 1. The van der Waals surface area contributed by atoms with Crippen molar-refractivity contribution >= 4 is 22.6 Å². The molecule has 5 heteroatoms. The van der Waals surface area contributed by atoms with Gasteiger partial charge in [0.1, 0.15) is 0 Å². The molecular weight excluding hydrogens is 442 g/mol. The van der Waals surface area contributed by atoms with Crippen LogP contribution in [0.4, 0.5) is 0 Å². The minimum absolute atomic E-state index is 0.0142. The average molecular weight is 459 g/mol. The molecule has 0 saturated carbocycles. The van der Waals surface area contributed by atoms with E-state index in [-0.39, 0.29) is 30.7 Å². The third kappa shape index (κ3) is 2.94. The summed E-state index contributed by atoms with van der Waals surface area (Å²) in [5.74, 6) is 0. The summed E-state index contributed by atoms with van der Waals surface area (Å²) in [7, 11) is 1.74. The van der Waals surface area contributed by atoms with Gasteiger partial charge in [0.2, 0.25) is 0 Å². The van der Waals surface area contributed by atoms with E-state index in [1.54, 1.807) is 7.11 Å². The van der Waals surface area contributed by atoms with Gasteiger partial charge in [-0.3, -0.25) is 0 Å². The van der Waals surface area contributed by atoms with Crippen molar-refractivity contribution in [1.29, 1.82) is 0 Å². The van der Waals surface area contributed by atoms with Gasteiger partial charge in [-0.05, 0) is 0 Å². The third-order valence-electron chi connectivity index (χ3n) is 3.09. The van der Waals surface area contributed by atoms with Crippen molar-refractivity contribution in [1.82, 2.24) is 3.53 Å². The van der Waals surface area contributed by atoms with E-state index in [9.17, 15) is 0 Å². The van der Waals surface area contributed by atoms with Crippen LogP contribution in [0.1, 0.15) is 28.9 Å². The molecule has 1 aliphatic heterocycles. The maximum absolute atomic E-state index is 6.18. The number of hydrogen-bond acceptors (Lipinski definition) is 3. The molecular formula is C12H17I2N2O-. The second-order valence-corrected chi connectivity index (χ2v) is 8.77. The van der Waals surface area contributed by atoms with Crippen molar-refractivity contribution in [2.45, 2.75) is 27.0 Å². The number of halogens is 2. The van der Waals surface area contributed by atoms with Gasteiger partial charge in [0, 0.05) is 0 Å². The molecule has 0 amide bonds. The Hall–Kier alpha value is 0.560. The van der Waals surface area contributed by atoms with Crippen LogP contribution in [-0.2, 0) is 10.3 Å². The molecule has 1 heterocycles. The predicted octanol–water partition coefficient (Wildman–Crippen LogP) is -0.736. The summed E-state index contributed by atoms with van der Waals surface area (Å²) in [5.41, 5.74) is 8.42. The molecule has 17 heavy (non-hydrogen) atoms. The molecule has 1 saturated heterocycles. The predicted molar refractivity (Wildman–Crippen MR) is 73.3 cm³/mol. The Balaban J connectivity index is 2.18. The van der Waals surface area contributed by atoms with Crippen molar-refractivity contribution in [2.24, 2.45) is 5.73 Å². The maximum atomic E-state index is 6.18. The first-order valence-corrected chi connectivity index (χ1v) is 8.80. The van der Waals surface area contributed by atoms with Gasteiger partial charge in [-0.25, -0.2) is 0 Å². The van der Waals surface area contributed by atoms with E-state index in [1.165, 1.54) is 11.1 Å². The first-order chi connectivity index (χ1) is 7.89. The van der Waals surface area contributed by atoms with Gasteiger partial charge in [0.25, 0.3) is 0 Å². The van der Waals surface area contributed by atoms with Gasteiger partial charge in [0.15, 0.2) is 0 Å². The molecule has 1 aromatic carbocycles. The molecule has 1 fully saturated rings. The molecule has 2 atom stereocenters. The zero-order valence-electron chi connectivity index (χ0n) is 10.1. The molecule has 2 unspecified atom stereocenters. The van der Waals surface area contributed by atoms with Crippen molar-refractivity contribution in [3.63, 3.8) is 0 Å². The molecule has 0 aromatic heterocycles.